The summed E-state index contributed by atoms with van der Waals surface area (Å²) in [7, 11) is 0. The Morgan fingerprint density at radius 2 is 2.11 bits per heavy atom. The molecule has 3 N–H and O–H groups in total. The van der Waals surface area contributed by atoms with Crippen molar-refractivity contribution in [1.82, 2.24) is 5.32 Å². The Balaban J connectivity index is 2.41. The van der Waals surface area contributed by atoms with Crippen molar-refractivity contribution in [3.63, 3.8) is 0 Å². The number of aromatic hydroxyl groups is 1. The maximum atomic E-state index is 13.0. The molecule has 3 nitrogen and oxygen atoms in total. The summed E-state index contributed by atoms with van der Waals surface area (Å²) >= 11 is 0. The van der Waals surface area contributed by atoms with Crippen molar-refractivity contribution in [2.45, 2.75) is 32.7 Å². The summed E-state index contributed by atoms with van der Waals surface area (Å²) in [6.45, 7) is 3.51. The maximum absolute atomic E-state index is 13.0. The smallest absolute Gasteiger partial charge is 0.123 e. The number of aliphatic hydroxyl groups excluding tert-OH is 1. The van der Waals surface area contributed by atoms with Crippen LogP contribution in [0.4, 0.5) is 4.39 Å². The van der Waals surface area contributed by atoms with Crippen molar-refractivity contribution in [3.8, 4) is 5.75 Å². The molecule has 18 heavy (non-hydrogen) atoms. The summed E-state index contributed by atoms with van der Waals surface area (Å²) < 4.78 is 13.0. The first kappa shape index (κ1) is 14.9. The highest BCUT2D eigenvalue weighted by atomic mass is 19.1. The molecule has 1 aromatic carbocycles. The molecule has 0 bridgehead atoms. The molecule has 1 aromatic rings. The second-order valence-electron chi connectivity index (χ2n) is 4.57. The van der Waals surface area contributed by atoms with E-state index in [1.54, 1.807) is 0 Å². The quantitative estimate of drug-likeness (QED) is 0.668. The summed E-state index contributed by atoms with van der Waals surface area (Å²) in [6, 6.07) is 3.94. The molecule has 0 heterocycles. The summed E-state index contributed by atoms with van der Waals surface area (Å²) in [5.74, 6) is 0.193. The first-order valence-corrected chi connectivity index (χ1v) is 6.46. The molecule has 1 rings (SSSR count). The van der Waals surface area contributed by atoms with Crippen LogP contribution in [0.25, 0.3) is 0 Å². The predicted molar refractivity (Wildman–Crippen MR) is 69.9 cm³/mol. The van der Waals surface area contributed by atoms with Gasteiger partial charge in [0.25, 0.3) is 0 Å². The van der Waals surface area contributed by atoms with E-state index >= 15 is 0 Å². The average Bonchev–Trinajstić information content (AvgIpc) is 2.34. The normalized spacial score (nSPS) is 12.6. The van der Waals surface area contributed by atoms with E-state index in [-0.39, 0.29) is 18.2 Å². The Hall–Kier alpha value is -1.13. The molecular formula is C14H22FNO2. The largest absolute Gasteiger partial charge is 0.508 e. The molecule has 0 saturated heterocycles. The SMILES string of the molecule is CCCC(CCO)CNCc1cc(F)ccc1O. The van der Waals surface area contributed by atoms with Crippen LogP contribution in [-0.2, 0) is 6.54 Å². The number of phenols is 1. The van der Waals surface area contributed by atoms with Crippen molar-refractivity contribution in [3.05, 3.63) is 29.6 Å². The van der Waals surface area contributed by atoms with Gasteiger partial charge in [0.15, 0.2) is 0 Å². The van der Waals surface area contributed by atoms with Crippen molar-refractivity contribution >= 4 is 0 Å². The number of hydrogen-bond acceptors (Lipinski definition) is 3. The fourth-order valence-electron chi connectivity index (χ4n) is 2.05. The zero-order valence-corrected chi connectivity index (χ0v) is 10.8. The van der Waals surface area contributed by atoms with Gasteiger partial charge < -0.3 is 15.5 Å². The van der Waals surface area contributed by atoms with Crippen LogP contribution in [0.5, 0.6) is 5.75 Å². The topological polar surface area (TPSA) is 52.5 Å². The minimum Gasteiger partial charge on any atom is -0.508 e. The molecule has 0 amide bonds. The lowest BCUT2D eigenvalue weighted by atomic mass is 10.00. The highest BCUT2D eigenvalue weighted by Crippen LogP contribution is 2.18. The van der Waals surface area contributed by atoms with Gasteiger partial charge in [-0.05, 0) is 43.5 Å². The molecule has 0 aliphatic rings. The van der Waals surface area contributed by atoms with Crippen LogP contribution in [0.3, 0.4) is 0 Å². The molecule has 0 spiro atoms. The molecule has 0 fully saturated rings. The molecule has 0 radical (unpaired) electrons. The Labute approximate surface area is 108 Å². The van der Waals surface area contributed by atoms with Gasteiger partial charge in [-0.3, -0.25) is 0 Å². The molecule has 1 unspecified atom stereocenters. The molecule has 0 aromatic heterocycles. The van der Waals surface area contributed by atoms with Gasteiger partial charge in [-0.1, -0.05) is 13.3 Å². The van der Waals surface area contributed by atoms with Crippen LogP contribution in [-0.4, -0.2) is 23.4 Å². The maximum Gasteiger partial charge on any atom is 0.123 e. The number of halogens is 1. The lowest BCUT2D eigenvalue weighted by molar-refractivity contribution is 0.248. The van der Waals surface area contributed by atoms with Crippen LogP contribution >= 0.6 is 0 Å². The van der Waals surface area contributed by atoms with Crippen molar-refractivity contribution in [1.29, 1.82) is 0 Å². The fraction of sp³-hybridized carbons (Fsp3) is 0.571. The van der Waals surface area contributed by atoms with Crippen molar-refractivity contribution in [2.24, 2.45) is 5.92 Å². The molecular weight excluding hydrogens is 233 g/mol. The van der Waals surface area contributed by atoms with Crippen LogP contribution in [0.2, 0.25) is 0 Å². The van der Waals surface area contributed by atoms with E-state index in [0.717, 1.165) is 25.8 Å². The highest BCUT2D eigenvalue weighted by Gasteiger charge is 2.08. The number of aliphatic hydroxyl groups is 1. The van der Waals surface area contributed by atoms with E-state index in [4.69, 9.17) is 5.11 Å². The molecule has 4 heteroatoms. The van der Waals surface area contributed by atoms with Crippen LogP contribution in [0.1, 0.15) is 31.7 Å². The number of hydrogen-bond donors (Lipinski definition) is 3. The Bertz CT molecular complexity index is 352. The van der Waals surface area contributed by atoms with E-state index in [1.807, 2.05) is 0 Å². The summed E-state index contributed by atoms with van der Waals surface area (Å²) in [5, 5.41) is 21.7. The van der Waals surface area contributed by atoms with Crippen molar-refractivity contribution in [2.75, 3.05) is 13.2 Å². The van der Waals surface area contributed by atoms with Gasteiger partial charge in [-0.15, -0.1) is 0 Å². The first-order chi connectivity index (χ1) is 8.67. The molecule has 0 saturated carbocycles. The van der Waals surface area contributed by atoms with E-state index in [0.29, 0.717) is 18.0 Å². The minimum absolute atomic E-state index is 0.109. The third-order valence-electron chi connectivity index (χ3n) is 3.02. The third kappa shape index (κ3) is 5.02. The summed E-state index contributed by atoms with van der Waals surface area (Å²) in [4.78, 5) is 0. The molecule has 0 aliphatic carbocycles. The van der Waals surface area contributed by atoms with Crippen molar-refractivity contribution < 1.29 is 14.6 Å². The van der Waals surface area contributed by atoms with Crippen LogP contribution in [0, 0.1) is 11.7 Å². The van der Waals surface area contributed by atoms with Crippen LogP contribution < -0.4 is 5.32 Å². The summed E-state index contributed by atoms with van der Waals surface area (Å²) in [6.07, 6.45) is 2.91. The minimum atomic E-state index is -0.343. The zero-order chi connectivity index (χ0) is 13.4. The predicted octanol–water partition coefficient (Wildman–Crippen LogP) is 2.42. The van der Waals surface area contributed by atoms with Gasteiger partial charge in [0.2, 0.25) is 0 Å². The van der Waals surface area contributed by atoms with E-state index in [9.17, 15) is 9.50 Å². The number of benzene rings is 1. The first-order valence-electron chi connectivity index (χ1n) is 6.46. The van der Waals surface area contributed by atoms with Crippen LogP contribution in [0.15, 0.2) is 18.2 Å². The van der Waals surface area contributed by atoms with E-state index in [1.165, 1.54) is 18.2 Å². The van der Waals surface area contributed by atoms with Gasteiger partial charge in [0, 0.05) is 18.7 Å². The monoisotopic (exact) mass is 255 g/mol. The number of nitrogens with one attached hydrogen (secondary N) is 1. The second-order valence-corrected chi connectivity index (χ2v) is 4.57. The van der Waals surface area contributed by atoms with Gasteiger partial charge in [0.05, 0.1) is 0 Å². The number of phenolic OH excluding ortho intramolecular Hbond substituents is 1. The molecule has 1 atom stereocenters. The average molecular weight is 255 g/mol. The second kappa shape index (κ2) is 8.06. The standard InChI is InChI=1S/C14H22FNO2/c1-2-3-11(6-7-17)9-16-10-12-8-13(15)4-5-14(12)18/h4-5,8,11,16-18H,2-3,6-7,9-10H2,1H3. The fourth-order valence-corrected chi connectivity index (χ4v) is 2.05. The van der Waals surface area contributed by atoms with E-state index < -0.39 is 0 Å². The molecule has 0 aliphatic heterocycles. The van der Waals surface area contributed by atoms with Gasteiger partial charge in [-0.25, -0.2) is 4.39 Å². The Morgan fingerprint density at radius 3 is 2.78 bits per heavy atom. The Morgan fingerprint density at radius 1 is 1.33 bits per heavy atom. The van der Waals surface area contributed by atoms with Gasteiger partial charge in [0.1, 0.15) is 11.6 Å². The summed E-state index contributed by atoms with van der Waals surface area (Å²) in [5.41, 5.74) is 0.564. The third-order valence-corrected chi connectivity index (χ3v) is 3.02. The lowest BCUT2D eigenvalue weighted by Gasteiger charge is -2.16. The van der Waals surface area contributed by atoms with E-state index in [2.05, 4.69) is 12.2 Å². The molecule has 102 valence electrons. The number of rotatable bonds is 8. The zero-order valence-electron chi connectivity index (χ0n) is 10.8. The van der Waals surface area contributed by atoms with Gasteiger partial charge in [-0.2, -0.15) is 0 Å². The Kier molecular flexibility index (Phi) is 6.68. The van der Waals surface area contributed by atoms with Gasteiger partial charge >= 0.3 is 0 Å². The highest BCUT2D eigenvalue weighted by molar-refractivity contribution is 5.32. The lowest BCUT2D eigenvalue weighted by Crippen LogP contribution is -2.23.